The number of nitrogens with zero attached hydrogens (tertiary/aromatic N) is 2. The largest absolute Gasteiger partial charge is 0.370 e. The highest BCUT2D eigenvalue weighted by Gasteiger charge is 2.27. The summed E-state index contributed by atoms with van der Waals surface area (Å²) in [4.78, 5) is 16.4. The Balaban J connectivity index is 0.00000144. The quantitative estimate of drug-likeness (QED) is 0.404. The minimum Gasteiger partial charge on any atom is -0.370 e. The molecule has 0 unspecified atom stereocenters. The van der Waals surface area contributed by atoms with E-state index in [2.05, 4.69) is 4.99 Å². The zero-order chi connectivity index (χ0) is 9.14. The standard InChI is InChI=1S/C7H14N4O.HI/c1-5(12)11-3-6(4-11)2-10-7(8)9;/h6H,2-4H2,1H3,(H4,8,9,10);1H. The summed E-state index contributed by atoms with van der Waals surface area (Å²) in [5.41, 5.74) is 10.3. The van der Waals surface area contributed by atoms with Gasteiger partial charge in [0, 0.05) is 32.5 Å². The number of aliphatic imine (C=N–C) groups is 1. The zero-order valence-electron chi connectivity index (χ0n) is 7.56. The lowest BCUT2D eigenvalue weighted by molar-refractivity contribution is -0.134. The summed E-state index contributed by atoms with van der Waals surface area (Å²) in [6, 6.07) is 0. The van der Waals surface area contributed by atoms with E-state index in [4.69, 9.17) is 11.5 Å². The van der Waals surface area contributed by atoms with Gasteiger partial charge in [0.25, 0.3) is 0 Å². The normalized spacial score (nSPS) is 15.6. The van der Waals surface area contributed by atoms with Crippen LogP contribution in [-0.4, -0.2) is 36.4 Å². The molecule has 1 fully saturated rings. The Morgan fingerprint density at radius 2 is 2.08 bits per heavy atom. The molecule has 0 radical (unpaired) electrons. The summed E-state index contributed by atoms with van der Waals surface area (Å²) in [7, 11) is 0. The maximum Gasteiger partial charge on any atom is 0.219 e. The van der Waals surface area contributed by atoms with Gasteiger partial charge in [-0.25, -0.2) is 0 Å². The molecule has 0 bridgehead atoms. The molecule has 0 spiro atoms. The van der Waals surface area contributed by atoms with Crippen LogP contribution in [0.15, 0.2) is 4.99 Å². The minimum atomic E-state index is 0. The Morgan fingerprint density at radius 1 is 1.54 bits per heavy atom. The molecular formula is C7H15IN4O. The van der Waals surface area contributed by atoms with Crippen molar-refractivity contribution in [1.82, 2.24) is 4.90 Å². The fourth-order valence-electron chi connectivity index (χ4n) is 1.18. The van der Waals surface area contributed by atoms with Crippen molar-refractivity contribution in [2.24, 2.45) is 22.4 Å². The van der Waals surface area contributed by atoms with Crippen LogP contribution in [-0.2, 0) is 4.79 Å². The van der Waals surface area contributed by atoms with Crippen LogP contribution in [0.4, 0.5) is 0 Å². The van der Waals surface area contributed by atoms with E-state index < -0.39 is 0 Å². The van der Waals surface area contributed by atoms with Crippen molar-refractivity contribution in [3.05, 3.63) is 0 Å². The van der Waals surface area contributed by atoms with Crippen LogP contribution in [0.25, 0.3) is 0 Å². The highest BCUT2D eigenvalue weighted by molar-refractivity contribution is 14.0. The van der Waals surface area contributed by atoms with Gasteiger partial charge >= 0.3 is 0 Å². The van der Waals surface area contributed by atoms with E-state index >= 15 is 0 Å². The summed E-state index contributed by atoms with van der Waals surface area (Å²) in [6.07, 6.45) is 0. The zero-order valence-corrected chi connectivity index (χ0v) is 9.89. The van der Waals surface area contributed by atoms with E-state index in [1.54, 1.807) is 11.8 Å². The monoisotopic (exact) mass is 298 g/mol. The average Bonchev–Trinajstić information content (AvgIpc) is 1.82. The molecule has 0 aromatic carbocycles. The fraction of sp³-hybridized carbons (Fsp3) is 0.714. The number of hydrogen-bond acceptors (Lipinski definition) is 2. The van der Waals surface area contributed by atoms with Crippen LogP contribution < -0.4 is 11.5 Å². The molecule has 13 heavy (non-hydrogen) atoms. The first-order valence-corrected chi connectivity index (χ1v) is 3.90. The van der Waals surface area contributed by atoms with Crippen LogP contribution in [0.1, 0.15) is 6.92 Å². The first-order chi connectivity index (χ1) is 5.59. The topological polar surface area (TPSA) is 84.7 Å². The number of nitrogens with two attached hydrogens (primary N) is 2. The van der Waals surface area contributed by atoms with Gasteiger partial charge in [-0.2, -0.15) is 0 Å². The lowest BCUT2D eigenvalue weighted by Crippen LogP contribution is -2.50. The second-order valence-corrected chi connectivity index (χ2v) is 3.06. The molecule has 1 aliphatic heterocycles. The number of amides is 1. The number of carbonyl (C=O) groups is 1. The van der Waals surface area contributed by atoms with Crippen molar-refractivity contribution in [3.63, 3.8) is 0 Å². The molecule has 0 saturated carbocycles. The Morgan fingerprint density at radius 3 is 2.46 bits per heavy atom. The predicted octanol–water partition coefficient (Wildman–Crippen LogP) is -0.644. The van der Waals surface area contributed by atoms with Gasteiger partial charge in [-0.1, -0.05) is 0 Å². The molecule has 0 atom stereocenters. The fourth-order valence-corrected chi connectivity index (χ4v) is 1.18. The predicted molar refractivity (Wildman–Crippen MR) is 61.8 cm³/mol. The van der Waals surface area contributed by atoms with Crippen molar-refractivity contribution < 1.29 is 4.79 Å². The molecule has 1 aliphatic rings. The highest BCUT2D eigenvalue weighted by Crippen LogP contribution is 2.15. The number of likely N-dealkylation sites (tertiary alicyclic amines) is 1. The third-order valence-electron chi connectivity index (χ3n) is 1.93. The maximum absolute atomic E-state index is 10.8. The SMILES string of the molecule is CC(=O)N1CC(CN=C(N)N)C1.I. The van der Waals surface area contributed by atoms with Crippen molar-refractivity contribution in [1.29, 1.82) is 0 Å². The van der Waals surface area contributed by atoms with Gasteiger partial charge in [0.05, 0.1) is 0 Å². The summed E-state index contributed by atoms with van der Waals surface area (Å²) in [6.45, 7) is 3.77. The van der Waals surface area contributed by atoms with Crippen LogP contribution >= 0.6 is 24.0 Å². The van der Waals surface area contributed by atoms with Crippen molar-refractivity contribution in [3.8, 4) is 0 Å². The van der Waals surface area contributed by atoms with Gasteiger partial charge in [-0.3, -0.25) is 9.79 Å². The molecule has 1 rings (SSSR count). The molecule has 0 aromatic heterocycles. The smallest absolute Gasteiger partial charge is 0.219 e. The Hall–Kier alpha value is -0.530. The van der Waals surface area contributed by atoms with Crippen LogP contribution in [0.5, 0.6) is 0 Å². The summed E-state index contributed by atoms with van der Waals surface area (Å²) in [5, 5.41) is 0. The molecule has 5 nitrogen and oxygen atoms in total. The van der Waals surface area contributed by atoms with Gasteiger partial charge in [0.2, 0.25) is 5.91 Å². The number of carbonyl (C=O) groups excluding carboxylic acids is 1. The first-order valence-electron chi connectivity index (χ1n) is 3.90. The van der Waals surface area contributed by atoms with E-state index in [0.29, 0.717) is 12.5 Å². The Labute approximate surface area is 94.6 Å². The lowest BCUT2D eigenvalue weighted by atomic mass is 10.0. The first kappa shape index (κ1) is 12.5. The Kier molecular flexibility index (Phi) is 5.04. The summed E-state index contributed by atoms with van der Waals surface area (Å²) in [5.74, 6) is 0.684. The number of rotatable bonds is 2. The van der Waals surface area contributed by atoms with Gasteiger partial charge in [-0.15, -0.1) is 24.0 Å². The molecule has 0 aromatic rings. The molecule has 1 saturated heterocycles. The van der Waals surface area contributed by atoms with Crippen LogP contribution in [0.2, 0.25) is 0 Å². The average molecular weight is 298 g/mol. The van der Waals surface area contributed by atoms with Crippen LogP contribution in [0, 0.1) is 5.92 Å². The maximum atomic E-state index is 10.8. The number of halogens is 1. The van der Waals surface area contributed by atoms with E-state index in [0.717, 1.165) is 13.1 Å². The molecule has 1 amide bonds. The Bertz CT molecular complexity index is 209. The molecule has 1 heterocycles. The third kappa shape index (κ3) is 3.79. The van der Waals surface area contributed by atoms with E-state index in [1.807, 2.05) is 0 Å². The molecule has 0 aliphatic carbocycles. The van der Waals surface area contributed by atoms with E-state index in [9.17, 15) is 4.79 Å². The summed E-state index contributed by atoms with van der Waals surface area (Å²) >= 11 is 0. The number of hydrogen-bond donors (Lipinski definition) is 2. The minimum absolute atomic E-state index is 0. The molecular weight excluding hydrogens is 283 g/mol. The molecule has 76 valence electrons. The second kappa shape index (κ2) is 5.25. The summed E-state index contributed by atoms with van der Waals surface area (Å²) < 4.78 is 0. The van der Waals surface area contributed by atoms with Gasteiger partial charge in [0.15, 0.2) is 5.96 Å². The number of guanidine groups is 1. The second-order valence-electron chi connectivity index (χ2n) is 3.06. The van der Waals surface area contributed by atoms with Gasteiger partial charge in [-0.05, 0) is 0 Å². The van der Waals surface area contributed by atoms with Crippen molar-refractivity contribution in [2.45, 2.75) is 6.92 Å². The van der Waals surface area contributed by atoms with Gasteiger partial charge in [0.1, 0.15) is 0 Å². The van der Waals surface area contributed by atoms with Crippen molar-refractivity contribution >= 4 is 35.8 Å². The third-order valence-corrected chi connectivity index (χ3v) is 1.93. The van der Waals surface area contributed by atoms with E-state index in [-0.39, 0.29) is 35.8 Å². The van der Waals surface area contributed by atoms with Crippen molar-refractivity contribution in [2.75, 3.05) is 19.6 Å². The van der Waals surface area contributed by atoms with E-state index in [1.165, 1.54) is 0 Å². The molecule has 6 heteroatoms. The lowest BCUT2D eigenvalue weighted by Gasteiger charge is -2.37. The van der Waals surface area contributed by atoms with Gasteiger partial charge < -0.3 is 16.4 Å². The molecule has 4 N–H and O–H groups in total. The van der Waals surface area contributed by atoms with Crippen LogP contribution in [0.3, 0.4) is 0 Å². The highest BCUT2D eigenvalue weighted by atomic mass is 127.